The zero-order valence-corrected chi connectivity index (χ0v) is 9.29. The van der Waals surface area contributed by atoms with Gasteiger partial charge in [0.05, 0.1) is 17.6 Å². The highest BCUT2D eigenvalue weighted by Crippen LogP contribution is 2.35. The van der Waals surface area contributed by atoms with Gasteiger partial charge in [0.15, 0.2) is 5.69 Å². The SMILES string of the molecule is Cc1cc(F)ccc1-n1ncc(N)c1C(F)(F)F. The summed E-state index contributed by atoms with van der Waals surface area (Å²) in [6.07, 6.45) is -3.70. The predicted octanol–water partition coefficient (Wildman–Crippen LogP) is 2.92. The second kappa shape index (κ2) is 4.01. The van der Waals surface area contributed by atoms with Gasteiger partial charge in [0.25, 0.3) is 0 Å². The second-order valence-corrected chi connectivity index (χ2v) is 3.79. The first-order chi connectivity index (χ1) is 8.30. The highest BCUT2D eigenvalue weighted by molar-refractivity contribution is 5.50. The van der Waals surface area contributed by atoms with Gasteiger partial charge < -0.3 is 5.73 Å². The van der Waals surface area contributed by atoms with Crippen molar-refractivity contribution in [2.24, 2.45) is 0 Å². The summed E-state index contributed by atoms with van der Waals surface area (Å²) >= 11 is 0. The summed E-state index contributed by atoms with van der Waals surface area (Å²) in [5, 5.41) is 3.59. The third-order valence-corrected chi connectivity index (χ3v) is 2.45. The molecular formula is C11H9F4N3. The Morgan fingerprint density at radius 1 is 1.28 bits per heavy atom. The van der Waals surface area contributed by atoms with Crippen molar-refractivity contribution in [2.45, 2.75) is 13.1 Å². The Morgan fingerprint density at radius 3 is 2.50 bits per heavy atom. The van der Waals surface area contributed by atoms with Crippen LogP contribution in [0.3, 0.4) is 0 Å². The van der Waals surface area contributed by atoms with Gasteiger partial charge in [-0.05, 0) is 30.7 Å². The van der Waals surface area contributed by atoms with Gasteiger partial charge in [0, 0.05) is 0 Å². The van der Waals surface area contributed by atoms with Gasteiger partial charge in [-0.3, -0.25) is 0 Å². The number of nitrogen functional groups attached to an aromatic ring is 1. The van der Waals surface area contributed by atoms with E-state index in [1.165, 1.54) is 13.0 Å². The van der Waals surface area contributed by atoms with Crippen LogP contribution >= 0.6 is 0 Å². The Balaban J connectivity index is 2.65. The molecule has 0 atom stereocenters. The highest BCUT2D eigenvalue weighted by Gasteiger charge is 2.38. The fourth-order valence-corrected chi connectivity index (χ4v) is 1.68. The zero-order chi connectivity index (χ0) is 13.5. The van der Waals surface area contributed by atoms with Crippen molar-refractivity contribution < 1.29 is 17.6 Å². The van der Waals surface area contributed by atoms with Crippen LogP contribution in [0.1, 0.15) is 11.3 Å². The van der Waals surface area contributed by atoms with Crippen LogP contribution in [0.5, 0.6) is 0 Å². The van der Waals surface area contributed by atoms with Gasteiger partial charge in [0.2, 0.25) is 0 Å². The maximum atomic E-state index is 12.9. The fraction of sp³-hybridized carbons (Fsp3) is 0.182. The Labute approximate surface area is 99.8 Å². The Morgan fingerprint density at radius 2 is 1.94 bits per heavy atom. The summed E-state index contributed by atoms with van der Waals surface area (Å²) in [6, 6.07) is 3.43. The highest BCUT2D eigenvalue weighted by atomic mass is 19.4. The van der Waals surface area contributed by atoms with Crippen LogP contribution in [-0.2, 0) is 6.18 Å². The van der Waals surface area contributed by atoms with E-state index in [0.29, 0.717) is 10.2 Å². The molecule has 1 aromatic carbocycles. The molecule has 1 heterocycles. The number of nitrogens with zero attached hydrogens (tertiary/aromatic N) is 2. The van der Waals surface area contributed by atoms with E-state index >= 15 is 0 Å². The van der Waals surface area contributed by atoms with Crippen LogP contribution in [0, 0.1) is 12.7 Å². The minimum absolute atomic E-state index is 0.139. The molecule has 2 aromatic rings. The van der Waals surface area contributed by atoms with E-state index in [1.54, 1.807) is 0 Å². The summed E-state index contributed by atoms with van der Waals surface area (Å²) in [4.78, 5) is 0. The van der Waals surface area contributed by atoms with Crippen LogP contribution in [0.25, 0.3) is 5.69 Å². The monoisotopic (exact) mass is 259 g/mol. The lowest BCUT2D eigenvalue weighted by molar-refractivity contribution is -0.142. The standard InChI is InChI=1S/C11H9F4N3/c1-6-4-7(12)2-3-9(6)18-10(11(13,14)15)8(16)5-17-18/h2-5H,16H2,1H3. The van der Waals surface area contributed by atoms with Crippen molar-refractivity contribution in [1.29, 1.82) is 0 Å². The molecule has 96 valence electrons. The van der Waals surface area contributed by atoms with Crippen molar-refractivity contribution in [3.63, 3.8) is 0 Å². The number of aromatic nitrogens is 2. The van der Waals surface area contributed by atoms with E-state index in [2.05, 4.69) is 5.10 Å². The number of halogens is 4. The van der Waals surface area contributed by atoms with Gasteiger partial charge >= 0.3 is 6.18 Å². The first kappa shape index (κ1) is 12.4. The number of alkyl halides is 3. The Bertz CT molecular complexity index is 586. The van der Waals surface area contributed by atoms with E-state index in [4.69, 9.17) is 5.73 Å². The molecule has 0 bridgehead atoms. The van der Waals surface area contributed by atoms with Gasteiger partial charge in [0.1, 0.15) is 5.82 Å². The number of nitrogens with two attached hydrogens (primary N) is 1. The topological polar surface area (TPSA) is 43.8 Å². The van der Waals surface area contributed by atoms with Crippen LogP contribution in [-0.4, -0.2) is 9.78 Å². The van der Waals surface area contributed by atoms with Crippen LogP contribution in [0.2, 0.25) is 0 Å². The van der Waals surface area contributed by atoms with E-state index in [0.717, 1.165) is 18.3 Å². The number of hydrogen-bond donors (Lipinski definition) is 1. The quantitative estimate of drug-likeness (QED) is 0.800. The van der Waals surface area contributed by atoms with Crippen molar-refractivity contribution in [3.8, 4) is 5.69 Å². The first-order valence-corrected chi connectivity index (χ1v) is 4.98. The maximum Gasteiger partial charge on any atom is 0.435 e. The maximum absolute atomic E-state index is 12.9. The summed E-state index contributed by atoms with van der Waals surface area (Å²) in [7, 11) is 0. The van der Waals surface area contributed by atoms with E-state index in [1.807, 2.05) is 0 Å². The molecule has 0 aliphatic heterocycles. The summed E-state index contributed by atoms with van der Waals surface area (Å²) in [5.41, 5.74) is 4.22. The predicted molar refractivity (Wildman–Crippen MR) is 57.7 cm³/mol. The normalized spacial score (nSPS) is 11.8. The number of aryl methyl sites for hydroxylation is 1. The molecule has 0 saturated heterocycles. The summed E-state index contributed by atoms with van der Waals surface area (Å²) in [6.45, 7) is 1.50. The third-order valence-electron chi connectivity index (χ3n) is 2.45. The van der Waals surface area contributed by atoms with Crippen molar-refractivity contribution in [2.75, 3.05) is 5.73 Å². The lowest BCUT2D eigenvalue weighted by Crippen LogP contribution is -2.15. The summed E-state index contributed by atoms with van der Waals surface area (Å²) in [5.74, 6) is -0.523. The van der Waals surface area contributed by atoms with Gasteiger partial charge in [-0.2, -0.15) is 18.3 Å². The lowest BCUT2D eigenvalue weighted by Gasteiger charge is -2.13. The number of rotatable bonds is 1. The first-order valence-electron chi connectivity index (χ1n) is 4.98. The second-order valence-electron chi connectivity index (χ2n) is 3.79. The number of benzene rings is 1. The minimum Gasteiger partial charge on any atom is -0.396 e. The van der Waals surface area contributed by atoms with E-state index in [-0.39, 0.29) is 5.69 Å². The zero-order valence-electron chi connectivity index (χ0n) is 9.29. The molecule has 0 radical (unpaired) electrons. The Hall–Kier alpha value is -2.05. The minimum atomic E-state index is -4.62. The molecule has 18 heavy (non-hydrogen) atoms. The molecule has 2 N–H and O–H groups in total. The Kier molecular flexibility index (Phi) is 2.76. The molecule has 2 rings (SSSR count). The largest absolute Gasteiger partial charge is 0.435 e. The van der Waals surface area contributed by atoms with Gasteiger partial charge in [-0.1, -0.05) is 0 Å². The van der Waals surface area contributed by atoms with Crippen molar-refractivity contribution in [1.82, 2.24) is 9.78 Å². The molecule has 0 amide bonds. The fourth-order valence-electron chi connectivity index (χ4n) is 1.68. The average molecular weight is 259 g/mol. The van der Waals surface area contributed by atoms with Crippen LogP contribution in [0.4, 0.5) is 23.2 Å². The van der Waals surface area contributed by atoms with Crippen LogP contribution < -0.4 is 5.73 Å². The third kappa shape index (κ3) is 2.03. The molecule has 1 aromatic heterocycles. The molecule has 0 spiro atoms. The molecule has 7 heteroatoms. The average Bonchev–Trinajstić information content (AvgIpc) is 2.59. The summed E-state index contributed by atoms with van der Waals surface area (Å²) < 4.78 is 52.1. The van der Waals surface area contributed by atoms with Crippen molar-refractivity contribution >= 4 is 5.69 Å². The van der Waals surface area contributed by atoms with Gasteiger partial charge in [-0.15, -0.1) is 0 Å². The molecule has 3 nitrogen and oxygen atoms in total. The smallest absolute Gasteiger partial charge is 0.396 e. The van der Waals surface area contributed by atoms with Crippen LogP contribution in [0.15, 0.2) is 24.4 Å². The molecule has 0 saturated carbocycles. The molecule has 0 unspecified atom stereocenters. The van der Waals surface area contributed by atoms with E-state index in [9.17, 15) is 17.6 Å². The number of anilines is 1. The lowest BCUT2D eigenvalue weighted by atomic mass is 10.2. The van der Waals surface area contributed by atoms with Crippen molar-refractivity contribution in [3.05, 3.63) is 41.5 Å². The molecule has 0 aliphatic rings. The molecule has 0 fully saturated rings. The number of hydrogen-bond acceptors (Lipinski definition) is 2. The van der Waals surface area contributed by atoms with E-state index < -0.39 is 23.4 Å². The molecule has 0 aliphatic carbocycles. The molecular weight excluding hydrogens is 250 g/mol. The van der Waals surface area contributed by atoms with Gasteiger partial charge in [-0.25, -0.2) is 9.07 Å².